The van der Waals surface area contributed by atoms with Gasteiger partial charge >= 0.3 is 0 Å². The number of nitrogens with zero attached hydrogens (tertiary/aromatic N) is 3. The summed E-state index contributed by atoms with van der Waals surface area (Å²) in [7, 11) is 0. The zero-order chi connectivity index (χ0) is 7.68. The first-order chi connectivity index (χ1) is 5.40. The summed E-state index contributed by atoms with van der Waals surface area (Å²) in [6.45, 7) is 7.09. The molecule has 0 N–H and O–H groups in total. The maximum absolute atomic E-state index is 4.97. The summed E-state index contributed by atoms with van der Waals surface area (Å²) < 4.78 is 0. The lowest BCUT2D eigenvalue weighted by Crippen LogP contribution is -2.48. The van der Waals surface area contributed by atoms with Gasteiger partial charge in [-0.3, -0.25) is 4.90 Å². The molecule has 2 heterocycles. The van der Waals surface area contributed by atoms with Gasteiger partial charge in [-0.1, -0.05) is 12.1 Å². The lowest BCUT2D eigenvalue weighted by Gasteiger charge is -2.30. The van der Waals surface area contributed by atoms with Gasteiger partial charge in [-0.25, -0.2) is 0 Å². The van der Waals surface area contributed by atoms with Crippen LogP contribution in [0.3, 0.4) is 0 Å². The van der Waals surface area contributed by atoms with Crippen molar-refractivity contribution < 1.29 is 4.84 Å². The molecule has 0 spiro atoms. The van der Waals surface area contributed by atoms with Crippen LogP contribution in [0.15, 0.2) is 5.16 Å². The van der Waals surface area contributed by atoms with Crippen LogP contribution in [0.5, 0.6) is 0 Å². The third kappa shape index (κ3) is 1.18. The molecule has 0 unspecified atom stereocenters. The van der Waals surface area contributed by atoms with Gasteiger partial charge < -0.3 is 9.74 Å². The van der Waals surface area contributed by atoms with Crippen LogP contribution in [0.1, 0.15) is 6.92 Å². The predicted molar refractivity (Wildman–Crippen MR) is 42.2 cm³/mol. The van der Waals surface area contributed by atoms with E-state index >= 15 is 0 Å². The lowest BCUT2D eigenvalue weighted by atomic mass is 10.3. The van der Waals surface area contributed by atoms with Gasteiger partial charge in [0.1, 0.15) is 0 Å². The average Bonchev–Trinajstić information content (AvgIpc) is 2.50. The van der Waals surface area contributed by atoms with E-state index in [1.807, 2.05) is 0 Å². The van der Waals surface area contributed by atoms with E-state index in [-0.39, 0.29) is 0 Å². The smallest absolute Gasteiger partial charge is 0.191 e. The van der Waals surface area contributed by atoms with Crippen LogP contribution < -0.4 is 0 Å². The molecule has 0 aromatic carbocycles. The molecule has 0 aromatic heterocycles. The summed E-state index contributed by atoms with van der Waals surface area (Å²) in [6, 6.07) is 0. The fraction of sp³-hybridized carbons (Fsp3) is 0.857. The molecule has 11 heavy (non-hydrogen) atoms. The minimum atomic E-state index is 0.660. The molecule has 0 amide bonds. The van der Waals surface area contributed by atoms with Gasteiger partial charge in [0.05, 0.1) is 6.54 Å². The molecule has 4 heteroatoms. The molecule has 0 atom stereocenters. The number of oxime groups is 1. The van der Waals surface area contributed by atoms with Crippen molar-refractivity contribution in [1.82, 2.24) is 9.80 Å². The normalized spacial score (nSPS) is 24.5. The molecule has 2 aliphatic heterocycles. The Labute approximate surface area is 66.4 Å². The standard InChI is InChI=1S/C7H13N3O/c1-2-9-3-4-10-6-11-8-7(10)5-9/h2-6H2,1H3. The van der Waals surface area contributed by atoms with Crippen molar-refractivity contribution in [1.29, 1.82) is 0 Å². The van der Waals surface area contributed by atoms with Crippen molar-refractivity contribution >= 4 is 5.84 Å². The van der Waals surface area contributed by atoms with Crippen LogP contribution in [-0.2, 0) is 4.84 Å². The lowest BCUT2D eigenvalue weighted by molar-refractivity contribution is 0.101. The molecule has 0 saturated carbocycles. The number of hydrogen-bond acceptors (Lipinski definition) is 4. The Balaban J connectivity index is 2.00. The SMILES string of the molecule is CCN1CCN2CON=C2C1. The number of amidine groups is 1. The van der Waals surface area contributed by atoms with E-state index in [4.69, 9.17) is 4.84 Å². The van der Waals surface area contributed by atoms with Crippen LogP contribution >= 0.6 is 0 Å². The van der Waals surface area contributed by atoms with Crippen molar-refractivity contribution in [3.63, 3.8) is 0 Å². The molecule has 62 valence electrons. The van der Waals surface area contributed by atoms with Crippen LogP contribution in [0.4, 0.5) is 0 Å². The minimum absolute atomic E-state index is 0.660. The highest BCUT2D eigenvalue weighted by Crippen LogP contribution is 2.09. The Bertz CT molecular complexity index is 181. The van der Waals surface area contributed by atoms with E-state index in [1.54, 1.807) is 0 Å². The summed E-state index contributed by atoms with van der Waals surface area (Å²) in [5.74, 6) is 1.10. The molecule has 0 aliphatic carbocycles. The van der Waals surface area contributed by atoms with Gasteiger partial charge in [-0.05, 0) is 6.54 Å². The van der Waals surface area contributed by atoms with Crippen LogP contribution in [0.2, 0.25) is 0 Å². The van der Waals surface area contributed by atoms with Crippen LogP contribution in [-0.4, -0.2) is 48.5 Å². The molecule has 1 fully saturated rings. The molecule has 1 saturated heterocycles. The predicted octanol–water partition coefficient (Wildman–Crippen LogP) is -0.0749. The fourth-order valence-corrected chi connectivity index (χ4v) is 1.44. The van der Waals surface area contributed by atoms with E-state index in [1.165, 1.54) is 0 Å². The summed E-state index contributed by atoms with van der Waals surface area (Å²) in [4.78, 5) is 9.52. The van der Waals surface area contributed by atoms with Gasteiger partial charge in [0.2, 0.25) is 0 Å². The quantitative estimate of drug-likeness (QED) is 0.530. The zero-order valence-electron chi connectivity index (χ0n) is 6.79. The summed E-state index contributed by atoms with van der Waals surface area (Å²) in [5, 5.41) is 3.96. The van der Waals surface area contributed by atoms with Crippen LogP contribution in [0.25, 0.3) is 0 Å². The van der Waals surface area contributed by atoms with E-state index < -0.39 is 0 Å². The second kappa shape index (κ2) is 2.70. The van der Waals surface area contributed by atoms with Crippen molar-refractivity contribution in [3.8, 4) is 0 Å². The Morgan fingerprint density at radius 3 is 3.27 bits per heavy atom. The maximum atomic E-state index is 4.97. The molecule has 2 aliphatic rings. The minimum Gasteiger partial charge on any atom is -0.372 e. The largest absolute Gasteiger partial charge is 0.372 e. The van der Waals surface area contributed by atoms with Gasteiger partial charge in [0.25, 0.3) is 0 Å². The highest BCUT2D eigenvalue weighted by molar-refractivity contribution is 5.85. The van der Waals surface area contributed by atoms with Gasteiger partial charge in [0, 0.05) is 13.1 Å². The first-order valence-electron chi connectivity index (χ1n) is 4.06. The van der Waals surface area contributed by atoms with Crippen molar-refractivity contribution in [2.75, 3.05) is 32.9 Å². The highest BCUT2D eigenvalue weighted by Gasteiger charge is 2.25. The number of likely N-dealkylation sites (N-methyl/N-ethyl adjacent to an activating group) is 1. The number of fused-ring (bicyclic) bond motifs is 1. The average molecular weight is 155 g/mol. The van der Waals surface area contributed by atoms with Crippen molar-refractivity contribution in [2.45, 2.75) is 6.92 Å². The summed E-state index contributed by atoms with van der Waals surface area (Å²) in [5.41, 5.74) is 0. The molecule has 2 rings (SSSR count). The zero-order valence-corrected chi connectivity index (χ0v) is 6.79. The maximum Gasteiger partial charge on any atom is 0.191 e. The molecular formula is C7H13N3O. The van der Waals surface area contributed by atoms with E-state index in [0.29, 0.717) is 6.73 Å². The topological polar surface area (TPSA) is 28.1 Å². The van der Waals surface area contributed by atoms with Crippen molar-refractivity contribution in [2.24, 2.45) is 5.16 Å². The second-order valence-electron chi connectivity index (χ2n) is 2.90. The fourth-order valence-electron chi connectivity index (χ4n) is 1.44. The Morgan fingerprint density at radius 1 is 1.55 bits per heavy atom. The van der Waals surface area contributed by atoms with E-state index in [2.05, 4.69) is 21.9 Å². The summed E-state index contributed by atoms with van der Waals surface area (Å²) in [6.07, 6.45) is 0. The van der Waals surface area contributed by atoms with Crippen LogP contribution in [0, 0.1) is 0 Å². The van der Waals surface area contributed by atoms with Gasteiger partial charge in [0.15, 0.2) is 12.6 Å². The Hall–Kier alpha value is -0.770. The van der Waals surface area contributed by atoms with Gasteiger partial charge in [-0.2, -0.15) is 0 Å². The summed E-state index contributed by atoms with van der Waals surface area (Å²) >= 11 is 0. The molecule has 0 bridgehead atoms. The Morgan fingerprint density at radius 2 is 2.45 bits per heavy atom. The molecular weight excluding hydrogens is 142 g/mol. The van der Waals surface area contributed by atoms with E-state index in [9.17, 15) is 0 Å². The first kappa shape index (κ1) is 6.91. The number of hydrogen-bond donors (Lipinski definition) is 0. The monoisotopic (exact) mass is 155 g/mol. The van der Waals surface area contributed by atoms with Crippen molar-refractivity contribution in [3.05, 3.63) is 0 Å². The van der Waals surface area contributed by atoms with Gasteiger partial charge in [-0.15, -0.1) is 0 Å². The third-order valence-electron chi connectivity index (χ3n) is 2.25. The number of rotatable bonds is 1. The second-order valence-corrected chi connectivity index (χ2v) is 2.90. The molecule has 0 aromatic rings. The third-order valence-corrected chi connectivity index (χ3v) is 2.25. The molecule has 4 nitrogen and oxygen atoms in total. The van der Waals surface area contributed by atoms with E-state index in [0.717, 1.165) is 32.0 Å². The first-order valence-corrected chi connectivity index (χ1v) is 4.06. The number of piperazine rings is 1. The highest BCUT2D eigenvalue weighted by atomic mass is 16.7. The molecule has 0 radical (unpaired) electrons. The Kier molecular flexibility index (Phi) is 1.69.